The van der Waals surface area contributed by atoms with Gasteiger partial charge in [-0.3, -0.25) is 4.90 Å². The minimum Gasteiger partial charge on any atom is -0.492 e. The first-order chi connectivity index (χ1) is 27.6. The van der Waals surface area contributed by atoms with Crippen LogP contribution in [0.5, 0.6) is 11.8 Å². The number of pyridine rings is 1. The Morgan fingerprint density at radius 1 is 0.914 bits per heavy atom. The van der Waals surface area contributed by atoms with E-state index < -0.39 is 32.3 Å². The first kappa shape index (κ1) is 37.4. The normalized spacial score (nSPS) is 26.5. The molecule has 16 heteroatoms. The monoisotopic (exact) mass is 824 g/mol. The Bertz CT molecular complexity index is 2570. The summed E-state index contributed by atoms with van der Waals surface area (Å²) in [5.74, 6) is 1.44. The number of fused-ring (bicyclic) bond motifs is 7. The van der Waals surface area contributed by atoms with E-state index in [1.54, 1.807) is 24.3 Å². The van der Waals surface area contributed by atoms with Crippen LogP contribution in [0.1, 0.15) is 56.2 Å². The Balaban J connectivity index is 0.999. The van der Waals surface area contributed by atoms with Gasteiger partial charge in [-0.1, -0.05) is 55.7 Å². The standard InChI is InChI=1S/C42H39F7N6O2S/c1-2-29-31(43)12-10-24-6-3-9-30(35(24)29)38-37(44)39-36-33(51-38)14-15-34-32-13-11-25(50-32)21-54(34)40(36)53-41(52-39)57-23-42-17-5-19-55(42)26(16-18-42)22-56-27-7-4-8-28(20-27)58(45,46,47,48)49/h1,3-4,6-10,12,20,25-26,32,34,50H,5,11,13-19,21-23H2/t25-,26-,32+,34+,42-/m0/s1. The minimum atomic E-state index is -9.88. The number of ether oxygens (including phenoxy) is 2. The van der Waals surface area contributed by atoms with E-state index in [0.717, 1.165) is 38.2 Å². The van der Waals surface area contributed by atoms with E-state index in [9.17, 15) is 19.4 Å². The Kier molecular flexibility index (Phi) is 8.12. The van der Waals surface area contributed by atoms with Crippen LogP contribution in [0.4, 0.5) is 34.0 Å². The van der Waals surface area contributed by atoms with Crippen LogP contribution in [-0.4, -0.2) is 75.9 Å². The molecule has 0 saturated carbocycles. The lowest BCUT2D eigenvalue weighted by Gasteiger charge is -2.41. The number of rotatable bonds is 8. The predicted molar refractivity (Wildman–Crippen MR) is 208 cm³/mol. The van der Waals surface area contributed by atoms with Crippen LogP contribution in [-0.2, 0) is 6.42 Å². The van der Waals surface area contributed by atoms with E-state index >= 15 is 8.78 Å². The molecule has 4 saturated heterocycles. The van der Waals surface area contributed by atoms with Gasteiger partial charge in [0.05, 0.1) is 22.2 Å². The number of benzene rings is 3. The zero-order valence-electron chi connectivity index (χ0n) is 31.2. The number of halogens is 7. The van der Waals surface area contributed by atoms with Crippen molar-refractivity contribution in [2.24, 2.45) is 0 Å². The molecule has 5 aromatic rings. The van der Waals surface area contributed by atoms with Gasteiger partial charge in [0.2, 0.25) is 0 Å². The molecular formula is C42H39F7N6O2S. The summed E-state index contributed by atoms with van der Waals surface area (Å²) < 4.78 is 112. The molecule has 5 aliphatic heterocycles. The predicted octanol–water partition coefficient (Wildman–Crippen LogP) is 9.47. The molecule has 7 heterocycles. The number of aromatic nitrogens is 3. The first-order valence-corrected chi connectivity index (χ1v) is 21.5. The highest BCUT2D eigenvalue weighted by molar-refractivity contribution is 8.45. The molecular weight excluding hydrogens is 786 g/mol. The Morgan fingerprint density at radius 3 is 2.59 bits per heavy atom. The van der Waals surface area contributed by atoms with Gasteiger partial charge in [0.15, 0.2) is 5.82 Å². The van der Waals surface area contributed by atoms with E-state index in [4.69, 9.17) is 30.8 Å². The second kappa shape index (κ2) is 12.6. The van der Waals surface area contributed by atoms with Crippen LogP contribution < -0.4 is 19.7 Å². The molecule has 5 aliphatic rings. The van der Waals surface area contributed by atoms with E-state index in [1.165, 1.54) is 12.1 Å². The first-order valence-electron chi connectivity index (χ1n) is 19.6. The van der Waals surface area contributed by atoms with Gasteiger partial charge in [-0.2, -0.15) is 9.97 Å². The molecule has 1 N–H and O–H groups in total. The summed E-state index contributed by atoms with van der Waals surface area (Å²) in [6.07, 6.45) is 12.0. The van der Waals surface area contributed by atoms with Crippen molar-refractivity contribution in [1.82, 2.24) is 25.2 Å². The van der Waals surface area contributed by atoms with Crippen molar-refractivity contribution in [3.63, 3.8) is 0 Å². The van der Waals surface area contributed by atoms with Crippen molar-refractivity contribution in [2.45, 2.75) is 86.0 Å². The Morgan fingerprint density at radius 2 is 1.76 bits per heavy atom. The summed E-state index contributed by atoms with van der Waals surface area (Å²) >= 11 is 0. The number of nitrogens with one attached hydrogen (secondary N) is 1. The number of anilines is 1. The van der Waals surface area contributed by atoms with Gasteiger partial charge >= 0.3 is 16.2 Å². The molecule has 4 fully saturated rings. The number of nitrogens with zero attached hydrogens (tertiary/aromatic N) is 5. The molecule has 2 aromatic heterocycles. The number of hydrogen-bond acceptors (Lipinski definition) is 8. The van der Waals surface area contributed by atoms with Gasteiger partial charge in [0.25, 0.3) is 0 Å². The summed E-state index contributed by atoms with van der Waals surface area (Å²) in [5, 5.41) is 5.29. The summed E-state index contributed by atoms with van der Waals surface area (Å²) in [6.45, 7) is 1.51. The van der Waals surface area contributed by atoms with E-state index in [-0.39, 0.29) is 65.9 Å². The molecule has 58 heavy (non-hydrogen) atoms. The van der Waals surface area contributed by atoms with Crippen molar-refractivity contribution in [2.75, 3.05) is 31.2 Å². The highest BCUT2D eigenvalue weighted by Gasteiger charge is 2.65. The van der Waals surface area contributed by atoms with Crippen molar-refractivity contribution in [1.29, 1.82) is 0 Å². The average Bonchev–Trinajstić information content (AvgIpc) is 3.86. The third-order valence-corrected chi connectivity index (χ3v) is 14.1. The van der Waals surface area contributed by atoms with Gasteiger partial charge in [-0.05, 0) is 81.5 Å². The second-order valence-corrected chi connectivity index (χ2v) is 18.7. The summed E-state index contributed by atoms with van der Waals surface area (Å²) in [6, 6.07) is 11.3. The molecule has 0 spiro atoms. The second-order valence-electron chi connectivity index (χ2n) is 16.3. The fraction of sp³-hybridized carbons (Fsp3) is 0.405. The molecule has 0 unspecified atom stereocenters. The van der Waals surface area contributed by atoms with Gasteiger partial charge in [-0.25, -0.2) is 13.8 Å². The fourth-order valence-electron chi connectivity index (χ4n) is 10.3. The molecule has 3 aromatic carbocycles. The van der Waals surface area contributed by atoms with Crippen molar-refractivity contribution < 1.29 is 37.7 Å². The third-order valence-electron chi connectivity index (χ3n) is 12.9. The molecule has 0 aliphatic carbocycles. The number of piperazine rings is 1. The highest BCUT2D eigenvalue weighted by Crippen LogP contribution is 3.02. The maximum Gasteiger partial charge on any atom is 0.319 e. The van der Waals surface area contributed by atoms with Crippen LogP contribution in [0.25, 0.3) is 32.9 Å². The van der Waals surface area contributed by atoms with Crippen molar-refractivity contribution >= 4 is 37.7 Å². The van der Waals surface area contributed by atoms with Gasteiger partial charge < -0.3 is 19.7 Å². The minimum absolute atomic E-state index is 0.00181. The van der Waals surface area contributed by atoms with Gasteiger partial charge in [-0.15, -0.1) is 6.42 Å². The zero-order valence-corrected chi connectivity index (χ0v) is 32.0. The largest absolute Gasteiger partial charge is 0.492 e. The smallest absolute Gasteiger partial charge is 0.319 e. The molecule has 304 valence electrons. The summed E-state index contributed by atoms with van der Waals surface area (Å²) in [4.78, 5) is 17.2. The Hall–Kier alpha value is -4.85. The topological polar surface area (TPSA) is 75.6 Å². The average molecular weight is 825 g/mol. The SMILES string of the molecule is C#Cc1c(F)ccc2cccc(-c3nc4c5c(nc(OC[C@@]67CCCN6[C@H](COc6cccc(S(F)(F)(F)(F)F)c6)CC7)nc5c3F)N3C[C@@H]5CC[C@@H](N5)[C@H]3CC4)c12. The van der Waals surface area contributed by atoms with Crippen LogP contribution in [0, 0.1) is 24.0 Å². The fourth-order valence-corrected chi connectivity index (χ4v) is 11.0. The van der Waals surface area contributed by atoms with Crippen LogP contribution in [0.3, 0.4) is 0 Å². The lowest BCUT2D eigenvalue weighted by molar-refractivity contribution is 0.0686. The summed E-state index contributed by atoms with van der Waals surface area (Å²) in [5.41, 5.74) is 0.592. The van der Waals surface area contributed by atoms with E-state index in [1.807, 2.05) is 0 Å². The van der Waals surface area contributed by atoms with Crippen LogP contribution in [0.2, 0.25) is 0 Å². The molecule has 2 bridgehead atoms. The van der Waals surface area contributed by atoms with E-state index in [0.29, 0.717) is 77.7 Å². The van der Waals surface area contributed by atoms with Crippen molar-refractivity contribution in [3.05, 3.63) is 77.5 Å². The van der Waals surface area contributed by atoms with Gasteiger partial charge in [0.1, 0.15) is 46.7 Å². The molecule has 0 radical (unpaired) electrons. The maximum atomic E-state index is 17.3. The number of hydrogen-bond donors (Lipinski definition) is 1. The van der Waals surface area contributed by atoms with Crippen molar-refractivity contribution in [3.8, 4) is 35.4 Å². The quantitative estimate of drug-likeness (QED) is 0.123. The highest BCUT2D eigenvalue weighted by atomic mass is 32.5. The molecule has 0 amide bonds. The zero-order chi connectivity index (χ0) is 40.3. The number of aryl methyl sites for hydroxylation is 1. The maximum absolute atomic E-state index is 17.3. The molecule has 10 rings (SSSR count). The van der Waals surface area contributed by atoms with Crippen LogP contribution in [0.15, 0.2) is 59.5 Å². The number of terminal acetylenes is 1. The van der Waals surface area contributed by atoms with E-state index in [2.05, 4.69) is 21.0 Å². The molecule has 5 atom stereocenters. The third kappa shape index (κ3) is 6.19. The van der Waals surface area contributed by atoms with Crippen LogP contribution >= 0.6 is 10.2 Å². The lowest BCUT2D eigenvalue weighted by Crippen LogP contribution is -2.58. The lowest BCUT2D eigenvalue weighted by atomic mass is 9.95. The Labute approximate surface area is 329 Å². The van der Waals surface area contributed by atoms with Gasteiger partial charge in [0, 0.05) is 47.7 Å². The summed E-state index contributed by atoms with van der Waals surface area (Å²) in [7, 11) is -9.88. The molecule has 8 nitrogen and oxygen atoms in total.